The summed E-state index contributed by atoms with van der Waals surface area (Å²) >= 11 is 5.68. The summed E-state index contributed by atoms with van der Waals surface area (Å²) in [4.78, 5) is 0. The Hall–Kier alpha value is -0.640. The van der Waals surface area contributed by atoms with Crippen molar-refractivity contribution in [3.8, 4) is 0 Å². The van der Waals surface area contributed by atoms with Gasteiger partial charge >= 0.3 is 0 Å². The molecule has 16 heavy (non-hydrogen) atoms. The van der Waals surface area contributed by atoms with Gasteiger partial charge in [-0.2, -0.15) is 0 Å². The van der Waals surface area contributed by atoms with Gasteiger partial charge in [0.15, 0.2) is 0 Å². The number of halogens is 2. The molecule has 0 unspecified atom stereocenters. The third kappa shape index (κ3) is 4.47. The van der Waals surface area contributed by atoms with Crippen LogP contribution in [0.1, 0.15) is 18.9 Å². The number of rotatable bonds is 7. The van der Waals surface area contributed by atoms with E-state index in [0.29, 0.717) is 12.1 Å². The second-order valence-corrected chi connectivity index (χ2v) is 4.00. The lowest BCUT2D eigenvalue weighted by molar-refractivity contribution is 0.572. The van der Waals surface area contributed by atoms with E-state index in [1.54, 1.807) is 18.2 Å². The van der Waals surface area contributed by atoms with Crippen LogP contribution in [0.2, 0.25) is 5.02 Å². The van der Waals surface area contributed by atoms with Gasteiger partial charge in [-0.25, -0.2) is 4.39 Å². The fourth-order valence-electron chi connectivity index (χ4n) is 1.42. The van der Waals surface area contributed by atoms with Gasteiger partial charge in [0.05, 0.1) is 5.02 Å². The minimum Gasteiger partial charge on any atom is -0.317 e. The molecule has 0 amide bonds. The maximum absolute atomic E-state index is 13.4. The highest BCUT2D eigenvalue weighted by Crippen LogP contribution is 2.17. The molecule has 0 radical (unpaired) electrons. The van der Waals surface area contributed by atoms with Gasteiger partial charge in [0.2, 0.25) is 0 Å². The largest absolute Gasteiger partial charge is 0.317 e. The van der Waals surface area contributed by atoms with Gasteiger partial charge in [0, 0.05) is 12.1 Å². The van der Waals surface area contributed by atoms with E-state index >= 15 is 0 Å². The Morgan fingerprint density at radius 3 is 2.75 bits per heavy atom. The SMILES string of the molecule is CCNCCCNCc1cccc(Cl)c1F. The Labute approximate surface area is 101 Å². The third-order valence-corrected chi connectivity index (χ3v) is 2.60. The average Bonchev–Trinajstić information content (AvgIpc) is 2.29. The van der Waals surface area contributed by atoms with Gasteiger partial charge in [-0.1, -0.05) is 30.7 Å². The summed E-state index contributed by atoms with van der Waals surface area (Å²) in [5.41, 5.74) is 0.621. The molecular formula is C12H18ClFN2. The fourth-order valence-corrected chi connectivity index (χ4v) is 1.62. The zero-order valence-corrected chi connectivity index (χ0v) is 10.3. The standard InChI is InChI=1S/C12H18ClFN2/c1-2-15-7-4-8-16-9-10-5-3-6-11(13)12(10)14/h3,5-6,15-16H,2,4,7-9H2,1H3. The molecule has 0 heterocycles. The molecule has 0 saturated heterocycles. The molecular weight excluding hydrogens is 227 g/mol. The molecule has 0 atom stereocenters. The quantitative estimate of drug-likeness (QED) is 0.721. The molecule has 2 nitrogen and oxygen atoms in total. The number of hydrogen-bond acceptors (Lipinski definition) is 2. The van der Waals surface area contributed by atoms with Crippen LogP contribution in [0.5, 0.6) is 0 Å². The molecule has 0 bridgehead atoms. The first-order valence-corrected chi connectivity index (χ1v) is 5.97. The van der Waals surface area contributed by atoms with Crippen LogP contribution in [0.3, 0.4) is 0 Å². The van der Waals surface area contributed by atoms with E-state index in [0.717, 1.165) is 26.1 Å². The average molecular weight is 245 g/mol. The molecule has 0 aliphatic heterocycles. The van der Waals surface area contributed by atoms with Crippen molar-refractivity contribution in [2.45, 2.75) is 19.9 Å². The zero-order valence-electron chi connectivity index (χ0n) is 9.52. The van der Waals surface area contributed by atoms with E-state index in [1.165, 1.54) is 0 Å². The number of benzene rings is 1. The summed E-state index contributed by atoms with van der Waals surface area (Å²) < 4.78 is 13.4. The molecule has 0 saturated carbocycles. The highest BCUT2D eigenvalue weighted by atomic mass is 35.5. The van der Waals surface area contributed by atoms with Crippen molar-refractivity contribution in [2.24, 2.45) is 0 Å². The Balaban J connectivity index is 2.24. The van der Waals surface area contributed by atoms with Crippen LogP contribution in [0, 0.1) is 5.82 Å². The van der Waals surface area contributed by atoms with Gasteiger partial charge in [0.1, 0.15) is 5.82 Å². The first-order chi connectivity index (χ1) is 7.75. The van der Waals surface area contributed by atoms with Crippen molar-refractivity contribution in [3.63, 3.8) is 0 Å². The summed E-state index contributed by atoms with van der Waals surface area (Å²) in [6, 6.07) is 5.07. The second kappa shape index (κ2) is 7.60. The van der Waals surface area contributed by atoms with E-state index in [4.69, 9.17) is 11.6 Å². The predicted molar refractivity (Wildman–Crippen MR) is 66.3 cm³/mol. The van der Waals surface area contributed by atoms with E-state index < -0.39 is 0 Å². The highest BCUT2D eigenvalue weighted by Gasteiger charge is 2.04. The number of hydrogen-bond donors (Lipinski definition) is 2. The van der Waals surface area contributed by atoms with Crippen molar-refractivity contribution in [1.82, 2.24) is 10.6 Å². The van der Waals surface area contributed by atoms with Gasteiger partial charge in [0.25, 0.3) is 0 Å². The lowest BCUT2D eigenvalue weighted by Crippen LogP contribution is -2.21. The second-order valence-electron chi connectivity index (χ2n) is 3.60. The maximum Gasteiger partial charge on any atom is 0.146 e. The Morgan fingerprint density at radius 1 is 1.25 bits per heavy atom. The lowest BCUT2D eigenvalue weighted by atomic mass is 10.2. The maximum atomic E-state index is 13.4. The Bertz CT molecular complexity index is 318. The predicted octanol–water partition coefficient (Wildman–Crippen LogP) is 2.57. The summed E-state index contributed by atoms with van der Waals surface area (Å²) in [7, 11) is 0. The minimum atomic E-state index is -0.316. The zero-order chi connectivity index (χ0) is 11.8. The summed E-state index contributed by atoms with van der Waals surface area (Å²) in [5, 5.41) is 6.61. The molecule has 0 fully saturated rings. The van der Waals surface area contributed by atoms with Crippen LogP contribution < -0.4 is 10.6 Å². The van der Waals surface area contributed by atoms with E-state index in [1.807, 2.05) is 0 Å². The van der Waals surface area contributed by atoms with Crippen molar-refractivity contribution >= 4 is 11.6 Å². The molecule has 0 aliphatic rings. The summed E-state index contributed by atoms with van der Waals surface area (Å²) in [6.45, 7) is 5.46. The van der Waals surface area contributed by atoms with Gasteiger partial charge in [-0.3, -0.25) is 0 Å². The van der Waals surface area contributed by atoms with Crippen LogP contribution in [0.25, 0.3) is 0 Å². The molecule has 0 aliphatic carbocycles. The molecule has 4 heteroatoms. The molecule has 1 rings (SSSR count). The van der Waals surface area contributed by atoms with Crippen LogP contribution in [-0.2, 0) is 6.54 Å². The smallest absolute Gasteiger partial charge is 0.146 e. The lowest BCUT2D eigenvalue weighted by Gasteiger charge is -2.07. The molecule has 90 valence electrons. The van der Waals surface area contributed by atoms with Crippen LogP contribution in [-0.4, -0.2) is 19.6 Å². The third-order valence-electron chi connectivity index (χ3n) is 2.30. The van der Waals surface area contributed by atoms with Crippen molar-refractivity contribution in [3.05, 3.63) is 34.6 Å². The minimum absolute atomic E-state index is 0.187. The van der Waals surface area contributed by atoms with E-state index in [9.17, 15) is 4.39 Å². The topological polar surface area (TPSA) is 24.1 Å². The first-order valence-electron chi connectivity index (χ1n) is 5.60. The highest BCUT2D eigenvalue weighted by molar-refractivity contribution is 6.30. The van der Waals surface area contributed by atoms with E-state index in [2.05, 4.69) is 17.6 Å². The molecule has 1 aromatic carbocycles. The van der Waals surface area contributed by atoms with Crippen LogP contribution >= 0.6 is 11.6 Å². The van der Waals surface area contributed by atoms with E-state index in [-0.39, 0.29) is 10.8 Å². The van der Waals surface area contributed by atoms with Gasteiger partial charge in [-0.05, 0) is 32.1 Å². The summed E-state index contributed by atoms with van der Waals surface area (Å²) in [6.07, 6.45) is 1.04. The van der Waals surface area contributed by atoms with Crippen molar-refractivity contribution in [1.29, 1.82) is 0 Å². The van der Waals surface area contributed by atoms with Crippen molar-refractivity contribution < 1.29 is 4.39 Å². The Morgan fingerprint density at radius 2 is 2.00 bits per heavy atom. The van der Waals surface area contributed by atoms with Gasteiger partial charge in [-0.15, -0.1) is 0 Å². The fraction of sp³-hybridized carbons (Fsp3) is 0.500. The first kappa shape index (κ1) is 13.4. The number of nitrogens with one attached hydrogen (secondary N) is 2. The normalized spacial score (nSPS) is 10.7. The molecule has 0 spiro atoms. The van der Waals surface area contributed by atoms with Crippen molar-refractivity contribution in [2.75, 3.05) is 19.6 Å². The molecule has 1 aromatic rings. The molecule has 2 N–H and O–H groups in total. The molecule has 0 aromatic heterocycles. The van der Waals surface area contributed by atoms with Gasteiger partial charge < -0.3 is 10.6 Å². The van der Waals surface area contributed by atoms with Crippen LogP contribution in [0.15, 0.2) is 18.2 Å². The van der Waals surface area contributed by atoms with Crippen LogP contribution in [0.4, 0.5) is 4.39 Å². The monoisotopic (exact) mass is 244 g/mol. The summed E-state index contributed by atoms with van der Waals surface area (Å²) in [5.74, 6) is -0.316. The Kier molecular flexibility index (Phi) is 6.38.